The number of ether oxygens (including phenoxy) is 3. The van der Waals surface area contributed by atoms with Crippen LogP contribution in [0.25, 0.3) is 5.57 Å². The van der Waals surface area contributed by atoms with Crippen molar-refractivity contribution in [1.29, 1.82) is 5.26 Å². The van der Waals surface area contributed by atoms with E-state index in [1.54, 1.807) is 36.5 Å². The first-order valence-corrected chi connectivity index (χ1v) is 12.8. The molecule has 0 atom stereocenters. The fourth-order valence-corrected chi connectivity index (χ4v) is 4.26. The summed E-state index contributed by atoms with van der Waals surface area (Å²) in [6.45, 7) is 1.03. The molecule has 4 rings (SSSR count). The highest BCUT2D eigenvalue weighted by molar-refractivity contribution is 7.90. The number of carbonyl (C=O) groups excluding carboxylic acids is 1. The number of anilines is 1. The van der Waals surface area contributed by atoms with Crippen LogP contribution in [-0.2, 0) is 14.6 Å². The summed E-state index contributed by atoms with van der Waals surface area (Å²) in [6.07, 6.45) is 5.31. The maximum absolute atomic E-state index is 13.4. The van der Waals surface area contributed by atoms with Crippen molar-refractivity contribution in [3.63, 3.8) is 0 Å². The molecule has 1 aliphatic rings. The van der Waals surface area contributed by atoms with Crippen LogP contribution in [0, 0.1) is 11.3 Å². The Morgan fingerprint density at radius 2 is 2.00 bits per heavy atom. The molecule has 2 heterocycles. The van der Waals surface area contributed by atoms with Crippen LogP contribution in [0.1, 0.15) is 27.9 Å². The van der Waals surface area contributed by atoms with E-state index in [1.807, 2.05) is 12.1 Å². The van der Waals surface area contributed by atoms with E-state index in [-0.39, 0.29) is 22.1 Å². The zero-order valence-electron chi connectivity index (χ0n) is 19.6. The summed E-state index contributed by atoms with van der Waals surface area (Å²) >= 11 is 0. The zero-order chi connectivity index (χ0) is 25.7. The number of amides is 1. The molecule has 184 valence electrons. The van der Waals surface area contributed by atoms with Crippen LogP contribution >= 0.6 is 0 Å². The number of benzene rings is 2. The van der Waals surface area contributed by atoms with E-state index >= 15 is 0 Å². The first kappa shape index (κ1) is 24.9. The summed E-state index contributed by atoms with van der Waals surface area (Å²) in [4.78, 5) is 17.9. The van der Waals surface area contributed by atoms with E-state index in [0.29, 0.717) is 36.6 Å². The van der Waals surface area contributed by atoms with Gasteiger partial charge in [-0.15, -0.1) is 0 Å². The molecule has 0 spiro atoms. The number of hydrogen-bond donors (Lipinski definition) is 1. The van der Waals surface area contributed by atoms with Crippen molar-refractivity contribution in [2.24, 2.45) is 0 Å². The predicted octanol–water partition coefficient (Wildman–Crippen LogP) is 4.21. The number of hydrogen-bond acceptors (Lipinski definition) is 8. The van der Waals surface area contributed by atoms with E-state index in [2.05, 4.69) is 10.3 Å². The first-order valence-electron chi connectivity index (χ1n) is 10.9. The highest BCUT2D eigenvalue weighted by Crippen LogP contribution is 2.34. The molecule has 1 aromatic heterocycles. The Kier molecular flexibility index (Phi) is 7.33. The van der Waals surface area contributed by atoms with Crippen LogP contribution in [0.3, 0.4) is 0 Å². The molecule has 2 aromatic carbocycles. The number of sulfone groups is 1. The SMILES string of the molecule is COc1cc(C#N)ccc1Oc1ncc(C2=CCOCC2)cc1C(=O)Nc1cccc(S(C)(=O)=O)c1. The molecule has 0 aliphatic carbocycles. The van der Waals surface area contributed by atoms with Gasteiger partial charge < -0.3 is 19.5 Å². The number of aromatic nitrogens is 1. The van der Waals surface area contributed by atoms with E-state index in [0.717, 1.165) is 17.4 Å². The van der Waals surface area contributed by atoms with Gasteiger partial charge in [0, 0.05) is 24.2 Å². The number of nitrogens with one attached hydrogen (secondary N) is 1. The lowest BCUT2D eigenvalue weighted by Crippen LogP contribution is -2.15. The summed E-state index contributed by atoms with van der Waals surface area (Å²) in [5, 5.41) is 11.9. The second kappa shape index (κ2) is 10.6. The van der Waals surface area contributed by atoms with Gasteiger partial charge in [-0.2, -0.15) is 5.26 Å². The van der Waals surface area contributed by atoms with Crippen molar-refractivity contribution in [3.8, 4) is 23.4 Å². The molecule has 0 bridgehead atoms. The van der Waals surface area contributed by atoms with Gasteiger partial charge in [0.1, 0.15) is 5.56 Å². The molecule has 1 N–H and O–H groups in total. The van der Waals surface area contributed by atoms with Crippen molar-refractivity contribution in [2.75, 3.05) is 31.9 Å². The van der Waals surface area contributed by atoms with Crippen molar-refractivity contribution < 1.29 is 27.4 Å². The average Bonchev–Trinajstić information content (AvgIpc) is 2.89. The number of carbonyl (C=O) groups is 1. The summed E-state index contributed by atoms with van der Waals surface area (Å²) in [5.41, 5.74) is 2.56. The first-order chi connectivity index (χ1) is 17.3. The van der Waals surface area contributed by atoms with Crippen LogP contribution < -0.4 is 14.8 Å². The molecule has 1 amide bonds. The third kappa shape index (κ3) is 5.71. The molecule has 0 radical (unpaired) electrons. The van der Waals surface area contributed by atoms with Crippen LogP contribution in [-0.4, -0.2) is 45.9 Å². The van der Waals surface area contributed by atoms with Crippen molar-refractivity contribution >= 4 is 27.0 Å². The van der Waals surface area contributed by atoms with Gasteiger partial charge in [-0.1, -0.05) is 12.1 Å². The van der Waals surface area contributed by atoms with Crippen molar-refractivity contribution in [1.82, 2.24) is 4.98 Å². The third-order valence-corrected chi connectivity index (χ3v) is 6.56. The summed E-state index contributed by atoms with van der Waals surface area (Å²) in [7, 11) is -2.01. The number of pyridine rings is 1. The number of rotatable bonds is 7. The molecular formula is C26H23N3O6S. The topological polar surface area (TPSA) is 128 Å². The molecule has 1 aliphatic heterocycles. The van der Waals surface area contributed by atoms with Gasteiger partial charge in [-0.25, -0.2) is 13.4 Å². The van der Waals surface area contributed by atoms with Crippen LogP contribution in [0.15, 0.2) is 65.7 Å². The van der Waals surface area contributed by atoms with Gasteiger partial charge in [0.2, 0.25) is 5.88 Å². The fraction of sp³-hybridized carbons (Fsp3) is 0.192. The van der Waals surface area contributed by atoms with Gasteiger partial charge in [-0.05, 0) is 54.0 Å². The third-order valence-electron chi connectivity index (χ3n) is 5.45. The van der Waals surface area contributed by atoms with Crippen LogP contribution in [0.5, 0.6) is 17.4 Å². The number of methoxy groups -OCH3 is 1. The summed E-state index contributed by atoms with van der Waals surface area (Å²) in [6, 6.07) is 14.3. The van der Waals surface area contributed by atoms with E-state index in [9.17, 15) is 13.2 Å². The normalized spacial score (nSPS) is 13.3. The van der Waals surface area contributed by atoms with Gasteiger partial charge in [0.25, 0.3) is 5.91 Å². The lowest BCUT2D eigenvalue weighted by molar-refractivity contribution is 0.102. The van der Waals surface area contributed by atoms with Gasteiger partial charge >= 0.3 is 0 Å². The maximum atomic E-state index is 13.4. The van der Waals surface area contributed by atoms with E-state index in [4.69, 9.17) is 19.5 Å². The van der Waals surface area contributed by atoms with Gasteiger partial charge in [0.05, 0.1) is 36.9 Å². The quantitative estimate of drug-likeness (QED) is 0.506. The lowest BCUT2D eigenvalue weighted by atomic mass is 10.0. The smallest absolute Gasteiger partial charge is 0.261 e. The maximum Gasteiger partial charge on any atom is 0.261 e. The summed E-state index contributed by atoms with van der Waals surface area (Å²) < 4.78 is 40.5. The molecule has 0 unspecified atom stereocenters. The fourth-order valence-electron chi connectivity index (χ4n) is 3.59. The Bertz CT molecular complexity index is 1490. The summed E-state index contributed by atoms with van der Waals surface area (Å²) in [5.74, 6) is 0.0610. The standard InChI is InChI=1S/C26H23N3O6S/c1-33-24-12-17(15-27)6-7-23(24)35-26-22(13-19(16-28-26)18-8-10-34-11-9-18)25(30)29-20-4-3-5-21(14-20)36(2,31)32/h3-8,12-14,16H,9-11H2,1-2H3,(H,29,30). The molecule has 9 nitrogen and oxygen atoms in total. The minimum atomic E-state index is -3.45. The van der Waals surface area contributed by atoms with Gasteiger partial charge in [0.15, 0.2) is 21.3 Å². The Morgan fingerprint density at radius 1 is 1.17 bits per heavy atom. The molecule has 10 heteroatoms. The monoisotopic (exact) mass is 505 g/mol. The second-order valence-electron chi connectivity index (χ2n) is 7.96. The molecule has 3 aromatic rings. The lowest BCUT2D eigenvalue weighted by Gasteiger charge is -2.17. The second-order valence-corrected chi connectivity index (χ2v) is 9.98. The Balaban J connectivity index is 1.73. The Hall–Kier alpha value is -4.20. The molecule has 0 saturated heterocycles. The minimum Gasteiger partial charge on any atom is -0.493 e. The molecule has 0 fully saturated rings. The minimum absolute atomic E-state index is 0.0196. The van der Waals surface area contributed by atoms with Gasteiger partial charge in [-0.3, -0.25) is 4.79 Å². The van der Waals surface area contributed by atoms with Crippen LogP contribution in [0.2, 0.25) is 0 Å². The molecular weight excluding hydrogens is 482 g/mol. The molecule has 0 saturated carbocycles. The van der Waals surface area contributed by atoms with Crippen molar-refractivity contribution in [2.45, 2.75) is 11.3 Å². The molecule has 36 heavy (non-hydrogen) atoms. The van der Waals surface area contributed by atoms with E-state index in [1.165, 1.54) is 25.3 Å². The number of nitrogens with zero attached hydrogens (tertiary/aromatic N) is 2. The highest BCUT2D eigenvalue weighted by Gasteiger charge is 2.20. The predicted molar refractivity (Wildman–Crippen MR) is 133 cm³/mol. The highest BCUT2D eigenvalue weighted by atomic mass is 32.2. The Labute approximate surface area is 208 Å². The van der Waals surface area contributed by atoms with E-state index < -0.39 is 15.7 Å². The van der Waals surface area contributed by atoms with Crippen LogP contribution in [0.4, 0.5) is 5.69 Å². The van der Waals surface area contributed by atoms with Crippen molar-refractivity contribution in [3.05, 3.63) is 77.5 Å². The Morgan fingerprint density at radius 3 is 2.69 bits per heavy atom. The zero-order valence-corrected chi connectivity index (χ0v) is 20.5. The largest absolute Gasteiger partial charge is 0.493 e. The average molecular weight is 506 g/mol. The number of nitriles is 1.